The maximum atomic E-state index is 11.7. The number of rotatable bonds is 6. The number of hydrogen-bond acceptors (Lipinski definition) is 3. The minimum atomic E-state index is -0.00440. The van der Waals surface area contributed by atoms with Gasteiger partial charge in [-0.15, -0.1) is 0 Å². The minimum absolute atomic E-state index is 0.00280. The normalized spacial score (nSPS) is 10.5. The summed E-state index contributed by atoms with van der Waals surface area (Å²) in [6.07, 6.45) is 0. The Morgan fingerprint density at radius 2 is 1.89 bits per heavy atom. The molecule has 1 N–H and O–H groups in total. The Kier molecular flexibility index (Phi) is 6.05. The number of nitrogens with zero attached hydrogens (tertiary/aromatic N) is 1. The first-order valence-corrected chi connectivity index (χ1v) is 6.52. The summed E-state index contributed by atoms with van der Waals surface area (Å²) in [6.45, 7) is 6.87. The zero-order valence-electron chi connectivity index (χ0n) is 12.2. The van der Waals surface area contributed by atoms with Gasteiger partial charge in [0.25, 0.3) is 0 Å². The summed E-state index contributed by atoms with van der Waals surface area (Å²) in [5.41, 5.74) is 4.51. The number of aliphatic hydroxyl groups excluding tert-OH is 1. The summed E-state index contributed by atoms with van der Waals surface area (Å²) >= 11 is 0. The zero-order chi connectivity index (χ0) is 14.4. The summed E-state index contributed by atoms with van der Waals surface area (Å²) in [5, 5.41) is 8.66. The van der Waals surface area contributed by atoms with Crippen LogP contribution in [-0.4, -0.2) is 45.2 Å². The van der Waals surface area contributed by atoms with Crippen LogP contribution in [0.25, 0.3) is 0 Å². The Morgan fingerprint density at radius 3 is 2.37 bits per heavy atom. The lowest BCUT2D eigenvalue weighted by Gasteiger charge is -2.23. The van der Waals surface area contributed by atoms with E-state index in [1.165, 1.54) is 16.6 Å². The van der Waals surface area contributed by atoms with Gasteiger partial charge in [-0.3, -0.25) is 4.79 Å². The third-order valence-corrected chi connectivity index (χ3v) is 3.30. The Morgan fingerprint density at radius 1 is 1.32 bits per heavy atom. The highest BCUT2D eigenvalue weighted by Crippen LogP contribution is 2.17. The topological polar surface area (TPSA) is 49.8 Å². The highest BCUT2D eigenvalue weighted by Gasteiger charge is 2.13. The van der Waals surface area contributed by atoms with Gasteiger partial charge in [0.2, 0.25) is 5.91 Å². The average molecular weight is 263 g/mol. The molecule has 0 aliphatic heterocycles. The Bertz CT molecular complexity index is 425. The van der Waals surface area contributed by atoms with E-state index in [-0.39, 0.29) is 12.5 Å². The van der Waals surface area contributed by atoms with E-state index in [9.17, 15) is 4.79 Å². The molecular weight excluding hydrogens is 241 g/mol. The molecule has 5 heteroatoms. The number of amides is 1. The molecule has 0 aliphatic rings. The summed E-state index contributed by atoms with van der Waals surface area (Å²) in [7, 11) is 2.08. The van der Waals surface area contributed by atoms with Gasteiger partial charge in [0.1, 0.15) is 7.85 Å². The van der Waals surface area contributed by atoms with Crippen LogP contribution in [0.4, 0.5) is 5.69 Å². The first-order chi connectivity index (χ1) is 8.97. The number of anilines is 1. The third kappa shape index (κ3) is 4.37. The standard InChI is InChI=1S/C14H22BNO3/c1-10-8-13(9-11(2)14(10)15)16(12(3)18)4-6-19-7-5-17/h8-9,17H,4-7,15H2,1-3H3. The molecule has 0 spiro atoms. The van der Waals surface area contributed by atoms with Crippen LogP contribution in [0.1, 0.15) is 18.1 Å². The van der Waals surface area contributed by atoms with Crippen LogP contribution in [0.2, 0.25) is 0 Å². The van der Waals surface area contributed by atoms with Gasteiger partial charge in [0, 0.05) is 19.2 Å². The first-order valence-electron chi connectivity index (χ1n) is 6.52. The van der Waals surface area contributed by atoms with E-state index in [1.54, 1.807) is 11.8 Å². The van der Waals surface area contributed by atoms with Crippen molar-refractivity contribution >= 4 is 24.9 Å². The van der Waals surface area contributed by atoms with Gasteiger partial charge >= 0.3 is 0 Å². The molecule has 104 valence electrons. The fourth-order valence-electron chi connectivity index (χ4n) is 1.96. The third-order valence-electron chi connectivity index (χ3n) is 3.30. The van der Waals surface area contributed by atoms with Gasteiger partial charge in [-0.05, 0) is 26.0 Å². The maximum Gasteiger partial charge on any atom is 0.223 e. The van der Waals surface area contributed by atoms with Crippen LogP contribution in [0.3, 0.4) is 0 Å². The molecular formula is C14H22BNO3. The Hall–Kier alpha value is -1.33. The molecule has 19 heavy (non-hydrogen) atoms. The molecule has 0 saturated carbocycles. The van der Waals surface area contributed by atoms with E-state index in [0.29, 0.717) is 19.8 Å². The van der Waals surface area contributed by atoms with Crippen LogP contribution in [0.15, 0.2) is 12.1 Å². The number of aliphatic hydroxyl groups is 1. The van der Waals surface area contributed by atoms with Gasteiger partial charge < -0.3 is 14.7 Å². The van der Waals surface area contributed by atoms with Gasteiger partial charge in [-0.25, -0.2) is 0 Å². The molecule has 0 aromatic heterocycles. The van der Waals surface area contributed by atoms with E-state index in [4.69, 9.17) is 9.84 Å². The number of benzene rings is 1. The fraction of sp³-hybridized carbons (Fsp3) is 0.500. The molecule has 0 bridgehead atoms. The molecule has 0 heterocycles. The number of carbonyl (C=O) groups excluding carboxylic acids is 1. The van der Waals surface area contributed by atoms with Gasteiger partial charge in [-0.1, -0.05) is 16.6 Å². The second kappa shape index (κ2) is 7.31. The fourth-order valence-corrected chi connectivity index (χ4v) is 1.96. The van der Waals surface area contributed by atoms with Crippen LogP contribution >= 0.6 is 0 Å². The number of carbonyl (C=O) groups is 1. The largest absolute Gasteiger partial charge is 0.394 e. The first kappa shape index (κ1) is 15.7. The highest BCUT2D eigenvalue weighted by atomic mass is 16.5. The van der Waals surface area contributed by atoms with E-state index in [1.807, 2.05) is 26.0 Å². The predicted octanol–water partition coefficient (Wildman–Crippen LogP) is -0.0764. The molecule has 0 unspecified atom stereocenters. The number of hydrogen-bond donors (Lipinski definition) is 1. The number of aryl methyl sites for hydroxylation is 2. The lowest BCUT2D eigenvalue weighted by molar-refractivity contribution is -0.116. The van der Waals surface area contributed by atoms with E-state index < -0.39 is 0 Å². The summed E-state index contributed by atoms with van der Waals surface area (Å²) in [5.74, 6) is -0.00440. The average Bonchev–Trinajstić information content (AvgIpc) is 2.35. The molecule has 4 nitrogen and oxygen atoms in total. The summed E-state index contributed by atoms with van der Waals surface area (Å²) in [6, 6.07) is 4.05. The highest BCUT2D eigenvalue weighted by molar-refractivity contribution is 6.34. The molecule has 1 rings (SSSR count). The van der Waals surface area contributed by atoms with Gasteiger partial charge in [-0.2, -0.15) is 0 Å². The predicted molar refractivity (Wildman–Crippen MR) is 80.0 cm³/mol. The molecule has 0 saturated heterocycles. The van der Waals surface area contributed by atoms with Crippen LogP contribution in [0, 0.1) is 13.8 Å². The Balaban J connectivity index is 2.84. The monoisotopic (exact) mass is 263 g/mol. The van der Waals surface area contributed by atoms with Gasteiger partial charge in [0.05, 0.1) is 19.8 Å². The van der Waals surface area contributed by atoms with E-state index >= 15 is 0 Å². The van der Waals surface area contributed by atoms with Crippen molar-refractivity contribution in [3.8, 4) is 0 Å². The molecule has 1 amide bonds. The smallest absolute Gasteiger partial charge is 0.223 e. The van der Waals surface area contributed by atoms with Gasteiger partial charge in [0.15, 0.2) is 0 Å². The van der Waals surface area contributed by atoms with Crippen molar-refractivity contribution < 1.29 is 14.6 Å². The molecule has 1 aromatic carbocycles. The zero-order valence-corrected chi connectivity index (χ0v) is 12.2. The molecule has 0 fully saturated rings. The molecule has 0 radical (unpaired) electrons. The molecule has 0 aliphatic carbocycles. The van der Waals surface area contributed by atoms with E-state index in [2.05, 4.69) is 7.85 Å². The molecule has 1 aromatic rings. The Labute approximate surface area is 115 Å². The van der Waals surface area contributed by atoms with Crippen molar-refractivity contribution in [1.29, 1.82) is 0 Å². The number of ether oxygens (including phenoxy) is 1. The summed E-state index contributed by atoms with van der Waals surface area (Å²) < 4.78 is 5.23. The van der Waals surface area contributed by atoms with E-state index in [0.717, 1.165) is 5.69 Å². The maximum absolute atomic E-state index is 11.7. The van der Waals surface area contributed by atoms with Crippen LogP contribution < -0.4 is 10.4 Å². The van der Waals surface area contributed by atoms with Crippen molar-refractivity contribution in [2.24, 2.45) is 0 Å². The minimum Gasteiger partial charge on any atom is -0.394 e. The van der Waals surface area contributed by atoms with Crippen molar-refractivity contribution in [2.45, 2.75) is 20.8 Å². The lowest BCUT2D eigenvalue weighted by Crippen LogP contribution is -2.33. The lowest BCUT2D eigenvalue weighted by atomic mass is 9.86. The summed E-state index contributed by atoms with van der Waals surface area (Å²) in [4.78, 5) is 13.4. The second-order valence-corrected chi connectivity index (χ2v) is 4.71. The second-order valence-electron chi connectivity index (χ2n) is 4.71. The quantitative estimate of drug-likeness (QED) is 0.577. The van der Waals surface area contributed by atoms with Crippen molar-refractivity contribution in [2.75, 3.05) is 31.3 Å². The SMILES string of the molecule is Bc1c(C)cc(N(CCOCCO)C(C)=O)cc1C. The van der Waals surface area contributed by atoms with Crippen molar-refractivity contribution in [3.05, 3.63) is 23.3 Å². The van der Waals surface area contributed by atoms with Crippen LogP contribution in [0.5, 0.6) is 0 Å². The van der Waals surface area contributed by atoms with Crippen molar-refractivity contribution in [1.82, 2.24) is 0 Å². The van der Waals surface area contributed by atoms with Crippen molar-refractivity contribution in [3.63, 3.8) is 0 Å². The molecule has 0 atom stereocenters. The van der Waals surface area contributed by atoms with Crippen LogP contribution in [-0.2, 0) is 9.53 Å².